The van der Waals surface area contributed by atoms with E-state index in [2.05, 4.69) is 23.9 Å². The summed E-state index contributed by atoms with van der Waals surface area (Å²) in [4.78, 5) is 9.32. The predicted octanol–water partition coefficient (Wildman–Crippen LogP) is 4.50. The summed E-state index contributed by atoms with van der Waals surface area (Å²) in [6.45, 7) is 6.91. The van der Waals surface area contributed by atoms with Crippen molar-refractivity contribution in [2.24, 2.45) is 0 Å². The molecule has 0 atom stereocenters. The third-order valence-corrected chi connectivity index (χ3v) is 4.63. The van der Waals surface area contributed by atoms with Gasteiger partial charge in [-0.2, -0.15) is 5.10 Å². The number of rotatable bonds is 3. The number of nitrogens with zero attached hydrogens (tertiary/aromatic N) is 4. The second-order valence-corrected chi connectivity index (χ2v) is 6.39. The summed E-state index contributed by atoms with van der Waals surface area (Å²) in [6, 6.07) is 13.3. The fourth-order valence-corrected chi connectivity index (χ4v) is 3.24. The van der Waals surface area contributed by atoms with Crippen molar-refractivity contribution < 1.29 is 5.11 Å². The van der Waals surface area contributed by atoms with E-state index in [-0.39, 0.29) is 5.75 Å². The molecule has 1 N–H and O–H groups in total. The van der Waals surface area contributed by atoms with Crippen molar-refractivity contribution in [2.75, 3.05) is 0 Å². The minimum atomic E-state index is 0.203. The van der Waals surface area contributed by atoms with Gasteiger partial charge < -0.3 is 5.11 Å². The molecule has 0 aliphatic heterocycles. The second kappa shape index (κ2) is 6.26. The topological polar surface area (TPSA) is 63.8 Å². The number of benzene rings is 1. The number of hydrogen-bond acceptors (Lipinski definition) is 4. The molecule has 0 amide bonds. The van der Waals surface area contributed by atoms with E-state index in [1.807, 2.05) is 48.1 Å². The summed E-state index contributed by atoms with van der Waals surface area (Å²) in [6.07, 6.45) is 1.86. The van der Waals surface area contributed by atoms with Crippen LogP contribution >= 0.6 is 0 Å². The van der Waals surface area contributed by atoms with Gasteiger partial charge in [0.05, 0.1) is 16.8 Å². The van der Waals surface area contributed by atoms with Crippen molar-refractivity contribution in [1.29, 1.82) is 0 Å². The van der Waals surface area contributed by atoms with Crippen molar-refractivity contribution in [1.82, 2.24) is 19.7 Å². The van der Waals surface area contributed by atoms with Gasteiger partial charge in [0.25, 0.3) is 0 Å². The van der Waals surface area contributed by atoms with E-state index in [4.69, 9.17) is 4.98 Å². The van der Waals surface area contributed by atoms with Gasteiger partial charge in [0, 0.05) is 29.6 Å². The fraction of sp³-hybridized carbons (Fsp3) is 0.190. The highest BCUT2D eigenvalue weighted by atomic mass is 16.3. The minimum Gasteiger partial charge on any atom is -0.507 e. The van der Waals surface area contributed by atoms with Crippen molar-refractivity contribution in [3.8, 4) is 28.3 Å². The first kappa shape index (κ1) is 16.3. The monoisotopic (exact) mass is 344 g/mol. The normalized spacial score (nSPS) is 11.2. The van der Waals surface area contributed by atoms with Gasteiger partial charge in [0.1, 0.15) is 5.75 Å². The van der Waals surface area contributed by atoms with Gasteiger partial charge in [-0.3, -0.25) is 9.67 Å². The minimum absolute atomic E-state index is 0.203. The molecule has 0 fully saturated rings. The molecule has 0 radical (unpaired) electrons. The zero-order valence-corrected chi connectivity index (χ0v) is 15.1. The lowest BCUT2D eigenvalue weighted by molar-refractivity contribution is 0.477. The Morgan fingerprint density at radius 1 is 1.00 bits per heavy atom. The lowest BCUT2D eigenvalue weighted by Crippen LogP contribution is -1.98. The lowest BCUT2D eigenvalue weighted by atomic mass is 10.0. The number of aryl methyl sites for hydroxylation is 3. The zero-order chi connectivity index (χ0) is 18.3. The Balaban J connectivity index is 2.05. The predicted molar refractivity (Wildman–Crippen MR) is 103 cm³/mol. The molecule has 5 heteroatoms. The number of para-hydroxylation sites is 1. The first-order chi connectivity index (χ1) is 12.6. The Morgan fingerprint density at radius 2 is 1.81 bits per heavy atom. The maximum absolute atomic E-state index is 10.3. The average Bonchev–Trinajstić information content (AvgIpc) is 2.98. The third-order valence-electron chi connectivity index (χ3n) is 4.63. The first-order valence-electron chi connectivity index (χ1n) is 8.68. The van der Waals surface area contributed by atoms with Crippen LogP contribution in [0, 0.1) is 13.8 Å². The molecule has 130 valence electrons. The van der Waals surface area contributed by atoms with E-state index in [0.29, 0.717) is 16.9 Å². The molecule has 5 nitrogen and oxygen atoms in total. The molecule has 0 saturated carbocycles. The summed E-state index contributed by atoms with van der Waals surface area (Å²) in [5, 5.41) is 15.9. The van der Waals surface area contributed by atoms with Crippen LogP contribution in [0.15, 0.2) is 48.7 Å². The highest BCUT2D eigenvalue weighted by Gasteiger charge is 2.18. The van der Waals surface area contributed by atoms with Crippen molar-refractivity contribution in [2.45, 2.75) is 27.3 Å². The van der Waals surface area contributed by atoms with Crippen LogP contribution in [-0.4, -0.2) is 24.9 Å². The molecule has 0 spiro atoms. The van der Waals surface area contributed by atoms with Crippen LogP contribution in [0.25, 0.3) is 33.5 Å². The average molecular weight is 344 g/mol. The molecular formula is C21H20N4O. The molecule has 26 heavy (non-hydrogen) atoms. The second-order valence-electron chi connectivity index (χ2n) is 6.39. The number of aromatic nitrogens is 4. The van der Waals surface area contributed by atoms with Gasteiger partial charge in [-0.25, -0.2) is 4.98 Å². The highest BCUT2D eigenvalue weighted by Crippen LogP contribution is 2.35. The van der Waals surface area contributed by atoms with E-state index < -0.39 is 0 Å². The molecular weight excluding hydrogens is 324 g/mol. The SMILES string of the molecule is CCn1nc2nc(-c3ccccc3O)cc(-c3ccc(C)cn3)c2c1C. The lowest BCUT2D eigenvalue weighted by Gasteiger charge is -2.09. The van der Waals surface area contributed by atoms with E-state index in [1.165, 1.54) is 0 Å². The molecule has 0 unspecified atom stereocenters. The molecule has 4 aromatic rings. The van der Waals surface area contributed by atoms with Crippen LogP contribution in [0.5, 0.6) is 5.75 Å². The van der Waals surface area contributed by atoms with Gasteiger partial charge in [0.2, 0.25) is 0 Å². The molecule has 0 saturated heterocycles. The number of phenolic OH excluding ortho intramolecular Hbond substituents is 1. The number of fused-ring (bicyclic) bond motifs is 1. The molecule has 0 aliphatic carbocycles. The standard InChI is InChI=1S/C21H20N4O/c1-4-25-14(3)20-16(17-10-9-13(2)12-22-17)11-18(23-21(20)24-25)15-7-5-6-8-19(15)26/h5-12,26H,4H2,1-3H3. The van der Waals surface area contributed by atoms with E-state index >= 15 is 0 Å². The van der Waals surface area contributed by atoms with Gasteiger partial charge in [-0.15, -0.1) is 0 Å². The Labute approximate surface area is 152 Å². The first-order valence-corrected chi connectivity index (χ1v) is 8.68. The third kappa shape index (κ3) is 2.62. The summed E-state index contributed by atoms with van der Waals surface area (Å²) < 4.78 is 1.95. The zero-order valence-electron chi connectivity index (χ0n) is 15.1. The summed E-state index contributed by atoms with van der Waals surface area (Å²) in [5.41, 5.74) is 6.07. The van der Waals surface area contributed by atoms with Crippen molar-refractivity contribution in [3.63, 3.8) is 0 Å². The number of pyridine rings is 2. The summed E-state index contributed by atoms with van der Waals surface area (Å²) in [7, 11) is 0. The van der Waals surface area contributed by atoms with Crippen LogP contribution in [0.3, 0.4) is 0 Å². The van der Waals surface area contributed by atoms with Crippen LogP contribution in [0.2, 0.25) is 0 Å². The van der Waals surface area contributed by atoms with Gasteiger partial charge in [-0.1, -0.05) is 18.2 Å². The maximum atomic E-state index is 10.3. The van der Waals surface area contributed by atoms with Crippen LogP contribution < -0.4 is 0 Å². The number of phenols is 1. The highest BCUT2D eigenvalue weighted by molar-refractivity contribution is 5.96. The maximum Gasteiger partial charge on any atom is 0.182 e. The van der Waals surface area contributed by atoms with Crippen LogP contribution in [0.1, 0.15) is 18.2 Å². The Kier molecular flexibility index (Phi) is 3.92. The summed E-state index contributed by atoms with van der Waals surface area (Å²) in [5.74, 6) is 0.203. The molecule has 0 aliphatic rings. The van der Waals surface area contributed by atoms with E-state index in [0.717, 1.165) is 34.4 Å². The van der Waals surface area contributed by atoms with E-state index in [1.54, 1.807) is 12.1 Å². The molecule has 0 bridgehead atoms. The fourth-order valence-electron chi connectivity index (χ4n) is 3.24. The Morgan fingerprint density at radius 3 is 2.50 bits per heavy atom. The molecule has 1 aromatic carbocycles. The molecule has 4 rings (SSSR count). The largest absolute Gasteiger partial charge is 0.507 e. The molecule has 3 heterocycles. The van der Waals surface area contributed by atoms with E-state index in [9.17, 15) is 5.11 Å². The van der Waals surface area contributed by atoms with Crippen LogP contribution in [0.4, 0.5) is 0 Å². The number of hydrogen-bond donors (Lipinski definition) is 1. The van der Waals surface area contributed by atoms with Crippen LogP contribution in [-0.2, 0) is 6.54 Å². The number of aromatic hydroxyl groups is 1. The quantitative estimate of drug-likeness (QED) is 0.594. The van der Waals surface area contributed by atoms with Crippen molar-refractivity contribution >= 4 is 11.0 Å². The van der Waals surface area contributed by atoms with Gasteiger partial charge in [-0.05, 0) is 50.6 Å². The summed E-state index contributed by atoms with van der Waals surface area (Å²) >= 11 is 0. The Bertz CT molecular complexity index is 1100. The Hall–Kier alpha value is -3.21. The van der Waals surface area contributed by atoms with Crippen molar-refractivity contribution in [3.05, 3.63) is 59.9 Å². The van der Waals surface area contributed by atoms with Gasteiger partial charge in [0.15, 0.2) is 5.65 Å². The molecule has 3 aromatic heterocycles. The smallest absolute Gasteiger partial charge is 0.182 e. The van der Waals surface area contributed by atoms with Gasteiger partial charge >= 0.3 is 0 Å².